The fraction of sp³-hybridized carbons (Fsp3) is 0.0400. The molecule has 0 saturated carbocycles. The average Bonchev–Trinajstić information content (AvgIpc) is 2.81. The number of para-hydroxylation sites is 1. The van der Waals surface area contributed by atoms with Gasteiger partial charge in [0.1, 0.15) is 0 Å². The molecular formula is C25H21ClN2. The molecule has 0 unspecified atom stereocenters. The van der Waals surface area contributed by atoms with E-state index < -0.39 is 0 Å². The SMILES string of the molecule is ClCc1ccccc1.c1ccc2cnccc2c1.c1ccc2ncccc2c1. The van der Waals surface area contributed by atoms with Gasteiger partial charge in [-0.2, -0.15) is 0 Å². The van der Waals surface area contributed by atoms with Crippen molar-refractivity contribution in [3.8, 4) is 0 Å². The first-order valence-corrected chi connectivity index (χ1v) is 9.58. The van der Waals surface area contributed by atoms with Gasteiger partial charge in [-0.1, -0.05) is 78.9 Å². The standard InChI is InChI=1S/2C9H7N.C7H7Cl/c1-2-6-9-8(4-1)5-3-7-10-9;1-2-4-9-7-10-6-5-8(9)3-1;8-6-7-4-2-1-3-5-7/h2*1-7H;1-5H,6H2. The molecule has 0 aliphatic rings. The highest BCUT2D eigenvalue weighted by Crippen LogP contribution is 2.09. The molecule has 138 valence electrons. The van der Waals surface area contributed by atoms with Gasteiger partial charge in [-0.3, -0.25) is 9.97 Å². The lowest BCUT2D eigenvalue weighted by molar-refractivity contribution is 1.36. The van der Waals surface area contributed by atoms with Gasteiger partial charge in [-0.05, 0) is 34.5 Å². The van der Waals surface area contributed by atoms with E-state index in [1.165, 1.54) is 21.7 Å². The van der Waals surface area contributed by atoms with E-state index in [0.29, 0.717) is 5.88 Å². The summed E-state index contributed by atoms with van der Waals surface area (Å²) in [5, 5.41) is 3.65. The molecule has 0 radical (unpaired) electrons. The first-order chi connectivity index (χ1) is 13.9. The third-order valence-electron chi connectivity index (χ3n) is 4.06. The van der Waals surface area contributed by atoms with Gasteiger partial charge in [0.25, 0.3) is 0 Å². The Morgan fingerprint density at radius 3 is 1.89 bits per heavy atom. The quantitative estimate of drug-likeness (QED) is 0.294. The lowest BCUT2D eigenvalue weighted by atomic mass is 10.2. The van der Waals surface area contributed by atoms with Gasteiger partial charge in [0.15, 0.2) is 0 Å². The van der Waals surface area contributed by atoms with Crippen molar-refractivity contribution in [2.75, 3.05) is 0 Å². The maximum atomic E-state index is 5.53. The summed E-state index contributed by atoms with van der Waals surface area (Å²) in [6.45, 7) is 0. The van der Waals surface area contributed by atoms with Crippen molar-refractivity contribution in [3.63, 3.8) is 0 Å². The highest BCUT2D eigenvalue weighted by atomic mass is 35.5. The van der Waals surface area contributed by atoms with Gasteiger partial charge in [-0.15, -0.1) is 11.6 Å². The molecule has 0 aliphatic heterocycles. The third kappa shape index (κ3) is 5.90. The Bertz CT molecular complexity index is 909. The lowest BCUT2D eigenvalue weighted by Gasteiger charge is -1.91. The van der Waals surface area contributed by atoms with Crippen molar-refractivity contribution < 1.29 is 0 Å². The Kier molecular flexibility index (Phi) is 7.54. The Labute approximate surface area is 170 Å². The van der Waals surface area contributed by atoms with E-state index >= 15 is 0 Å². The lowest BCUT2D eigenvalue weighted by Crippen LogP contribution is -1.73. The maximum absolute atomic E-state index is 5.53. The summed E-state index contributed by atoms with van der Waals surface area (Å²) in [5.41, 5.74) is 2.24. The van der Waals surface area contributed by atoms with Crippen molar-refractivity contribution in [2.24, 2.45) is 0 Å². The first-order valence-electron chi connectivity index (χ1n) is 9.05. The second kappa shape index (κ2) is 10.8. The zero-order chi connectivity index (χ0) is 19.4. The van der Waals surface area contributed by atoms with E-state index in [0.717, 1.165) is 5.52 Å². The second-order valence-corrected chi connectivity index (χ2v) is 6.31. The van der Waals surface area contributed by atoms with Crippen molar-refractivity contribution in [2.45, 2.75) is 5.88 Å². The van der Waals surface area contributed by atoms with Crippen molar-refractivity contribution in [1.82, 2.24) is 9.97 Å². The van der Waals surface area contributed by atoms with Crippen molar-refractivity contribution in [1.29, 1.82) is 0 Å². The number of pyridine rings is 2. The van der Waals surface area contributed by atoms with E-state index in [1.54, 1.807) is 0 Å². The summed E-state index contributed by atoms with van der Waals surface area (Å²) < 4.78 is 0. The van der Waals surface area contributed by atoms with E-state index in [1.807, 2.05) is 91.4 Å². The van der Waals surface area contributed by atoms with Gasteiger partial charge < -0.3 is 0 Å². The van der Waals surface area contributed by atoms with Crippen molar-refractivity contribution in [3.05, 3.63) is 121 Å². The van der Waals surface area contributed by atoms with Crippen LogP contribution in [0.5, 0.6) is 0 Å². The molecule has 0 saturated heterocycles. The summed E-state index contributed by atoms with van der Waals surface area (Å²) in [4.78, 5) is 8.19. The number of hydrogen-bond donors (Lipinski definition) is 0. The molecular weight excluding hydrogens is 364 g/mol. The molecule has 2 heterocycles. The molecule has 3 heteroatoms. The van der Waals surface area contributed by atoms with Crippen LogP contribution in [0.15, 0.2) is 116 Å². The van der Waals surface area contributed by atoms with Gasteiger partial charge in [0.2, 0.25) is 0 Å². The summed E-state index contributed by atoms with van der Waals surface area (Å²) in [6, 6.07) is 32.2. The van der Waals surface area contributed by atoms with Crippen LogP contribution in [0.1, 0.15) is 5.56 Å². The van der Waals surface area contributed by atoms with E-state index in [-0.39, 0.29) is 0 Å². The zero-order valence-corrected chi connectivity index (χ0v) is 16.2. The molecule has 5 rings (SSSR count). The van der Waals surface area contributed by atoms with E-state index in [2.05, 4.69) is 34.2 Å². The van der Waals surface area contributed by atoms with Crippen LogP contribution in [0, 0.1) is 0 Å². The number of halogens is 1. The molecule has 0 amide bonds. The largest absolute Gasteiger partial charge is 0.264 e. The van der Waals surface area contributed by atoms with Crippen LogP contribution < -0.4 is 0 Å². The zero-order valence-electron chi connectivity index (χ0n) is 15.4. The third-order valence-corrected chi connectivity index (χ3v) is 4.37. The summed E-state index contributed by atoms with van der Waals surface area (Å²) in [6.07, 6.45) is 5.49. The molecule has 0 aliphatic carbocycles. The number of nitrogens with zero attached hydrogens (tertiary/aromatic N) is 2. The summed E-state index contributed by atoms with van der Waals surface area (Å²) >= 11 is 5.53. The van der Waals surface area contributed by atoms with Crippen LogP contribution >= 0.6 is 11.6 Å². The number of aromatic nitrogens is 2. The highest BCUT2D eigenvalue weighted by molar-refractivity contribution is 6.17. The van der Waals surface area contributed by atoms with E-state index in [4.69, 9.17) is 11.6 Å². The molecule has 28 heavy (non-hydrogen) atoms. The fourth-order valence-electron chi connectivity index (χ4n) is 2.61. The van der Waals surface area contributed by atoms with Crippen LogP contribution in [0.4, 0.5) is 0 Å². The second-order valence-electron chi connectivity index (χ2n) is 6.04. The Morgan fingerprint density at radius 1 is 0.571 bits per heavy atom. The first kappa shape index (κ1) is 19.5. The van der Waals surface area contributed by atoms with Gasteiger partial charge in [0, 0.05) is 29.9 Å². The normalized spacial score (nSPS) is 9.75. The molecule has 0 spiro atoms. The molecule has 2 nitrogen and oxygen atoms in total. The topological polar surface area (TPSA) is 25.8 Å². The molecule has 0 atom stereocenters. The predicted octanol–water partition coefficient (Wildman–Crippen LogP) is 6.90. The minimum absolute atomic E-state index is 0.612. The van der Waals surface area contributed by atoms with Crippen LogP contribution in [-0.4, -0.2) is 9.97 Å². The summed E-state index contributed by atoms with van der Waals surface area (Å²) in [7, 11) is 0. The van der Waals surface area contributed by atoms with Crippen LogP contribution in [-0.2, 0) is 5.88 Å². The molecule has 0 bridgehead atoms. The molecule has 3 aromatic carbocycles. The predicted molar refractivity (Wildman–Crippen MR) is 119 cm³/mol. The van der Waals surface area contributed by atoms with Crippen LogP contribution in [0.3, 0.4) is 0 Å². The minimum Gasteiger partial charge on any atom is -0.264 e. The molecule has 0 N–H and O–H groups in total. The smallest absolute Gasteiger partial charge is 0.0701 e. The molecule has 5 aromatic rings. The molecule has 0 fully saturated rings. The number of fused-ring (bicyclic) bond motifs is 2. The molecule has 2 aromatic heterocycles. The summed E-state index contributed by atoms with van der Waals surface area (Å²) in [5.74, 6) is 0.612. The number of alkyl halides is 1. The van der Waals surface area contributed by atoms with E-state index in [9.17, 15) is 0 Å². The van der Waals surface area contributed by atoms with Gasteiger partial charge >= 0.3 is 0 Å². The Morgan fingerprint density at radius 2 is 1.21 bits per heavy atom. The Hall–Kier alpha value is -3.23. The maximum Gasteiger partial charge on any atom is 0.0701 e. The Balaban J connectivity index is 0.000000122. The average molecular weight is 385 g/mol. The minimum atomic E-state index is 0.612. The van der Waals surface area contributed by atoms with Gasteiger partial charge in [-0.25, -0.2) is 0 Å². The van der Waals surface area contributed by atoms with Crippen LogP contribution in [0.25, 0.3) is 21.7 Å². The van der Waals surface area contributed by atoms with Crippen LogP contribution in [0.2, 0.25) is 0 Å². The number of benzene rings is 3. The van der Waals surface area contributed by atoms with Crippen molar-refractivity contribution >= 4 is 33.3 Å². The number of rotatable bonds is 1. The van der Waals surface area contributed by atoms with Gasteiger partial charge in [0.05, 0.1) is 5.52 Å². The number of hydrogen-bond acceptors (Lipinski definition) is 2. The highest BCUT2D eigenvalue weighted by Gasteiger charge is 1.87. The monoisotopic (exact) mass is 384 g/mol. The fourth-order valence-corrected chi connectivity index (χ4v) is 2.79.